The number of aromatic nitrogens is 1. The number of para-hydroxylation sites is 1. The predicted octanol–water partition coefficient (Wildman–Crippen LogP) is -1.72. The number of hydrogen-bond acceptors (Lipinski definition) is 6. The monoisotopic (exact) mass is 488 g/mol. The summed E-state index contributed by atoms with van der Waals surface area (Å²) in [5, 5.41) is 17.4. The second-order valence-electron chi connectivity index (χ2n) is 8.03. The molecule has 11 N–H and O–H groups in total. The fourth-order valence-electron chi connectivity index (χ4n) is 3.34. The van der Waals surface area contributed by atoms with Crippen molar-refractivity contribution in [2.75, 3.05) is 13.1 Å². The normalized spacial score (nSPS) is 13.3. The molecule has 2 rings (SSSR count). The molecule has 1 aromatic heterocycles. The zero-order chi connectivity index (χ0) is 26.0. The van der Waals surface area contributed by atoms with Gasteiger partial charge in [0.15, 0.2) is 5.96 Å². The number of nitrogens with zero attached hydrogens (tertiary/aromatic N) is 1. The van der Waals surface area contributed by atoms with Gasteiger partial charge in [0.2, 0.25) is 17.7 Å². The molecule has 0 spiro atoms. The smallest absolute Gasteiger partial charge is 0.326 e. The topological polar surface area (TPSA) is 231 Å². The Morgan fingerprint density at radius 3 is 2.51 bits per heavy atom. The summed E-state index contributed by atoms with van der Waals surface area (Å²) in [6.07, 6.45) is 2.50. The minimum absolute atomic E-state index is 0.104. The molecular formula is C22H32N8O5. The first-order chi connectivity index (χ1) is 16.6. The van der Waals surface area contributed by atoms with Gasteiger partial charge in [-0.25, -0.2) is 4.79 Å². The van der Waals surface area contributed by atoms with Crippen molar-refractivity contribution in [1.82, 2.24) is 20.9 Å². The number of fused-ring (bicyclic) bond motifs is 1. The molecule has 0 saturated heterocycles. The number of amides is 3. The molecule has 3 atom stereocenters. The van der Waals surface area contributed by atoms with Crippen molar-refractivity contribution in [3.8, 4) is 0 Å². The first kappa shape index (κ1) is 27.1. The van der Waals surface area contributed by atoms with Crippen LogP contribution in [-0.2, 0) is 25.6 Å². The lowest BCUT2D eigenvalue weighted by atomic mass is 10.0. The molecule has 0 aliphatic rings. The number of benzene rings is 1. The van der Waals surface area contributed by atoms with Gasteiger partial charge in [-0.05, 0) is 37.8 Å². The van der Waals surface area contributed by atoms with E-state index < -0.39 is 48.4 Å². The van der Waals surface area contributed by atoms with Crippen molar-refractivity contribution in [3.63, 3.8) is 0 Å². The fraction of sp³-hybridized carbons (Fsp3) is 0.409. The van der Waals surface area contributed by atoms with Crippen LogP contribution >= 0.6 is 0 Å². The average molecular weight is 489 g/mol. The lowest BCUT2D eigenvalue weighted by Gasteiger charge is -2.18. The minimum Gasteiger partial charge on any atom is -0.480 e. The second kappa shape index (κ2) is 12.9. The van der Waals surface area contributed by atoms with Crippen LogP contribution in [0.15, 0.2) is 35.5 Å². The van der Waals surface area contributed by atoms with E-state index >= 15 is 0 Å². The van der Waals surface area contributed by atoms with Crippen LogP contribution in [0.25, 0.3) is 10.9 Å². The van der Waals surface area contributed by atoms with E-state index in [1.807, 2.05) is 24.3 Å². The highest BCUT2D eigenvalue weighted by Crippen LogP contribution is 2.18. The number of carbonyl (C=O) groups is 4. The molecule has 0 saturated carbocycles. The summed E-state index contributed by atoms with van der Waals surface area (Å²) >= 11 is 0. The molecule has 190 valence electrons. The highest BCUT2D eigenvalue weighted by molar-refractivity contribution is 5.92. The highest BCUT2D eigenvalue weighted by atomic mass is 16.4. The zero-order valence-electron chi connectivity index (χ0n) is 19.4. The van der Waals surface area contributed by atoms with Crippen LogP contribution in [0.2, 0.25) is 0 Å². The maximum absolute atomic E-state index is 12.5. The number of H-pyrrole nitrogens is 1. The largest absolute Gasteiger partial charge is 0.480 e. The first-order valence-electron chi connectivity index (χ1n) is 11.0. The number of carbonyl (C=O) groups excluding carboxylic acids is 3. The summed E-state index contributed by atoms with van der Waals surface area (Å²) in [6.45, 7) is 1.21. The number of aliphatic carboxylic acids is 1. The molecule has 0 aliphatic carbocycles. The predicted molar refractivity (Wildman–Crippen MR) is 130 cm³/mol. The molecule has 0 bridgehead atoms. The first-order valence-corrected chi connectivity index (χ1v) is 11.0. The number of guanidine groups is 1. The Labute approximate surface area is 201 Å². The maximum atomic E-state index is 12.5. The number of aromatic amines is 1. The highest BCUT2D eigenvalue weighted by Gasteiger charge is 2.23. The summed E-state index contributed by atoms with van der Waals surface area (Å²) in [5.41, 5.74) is 18.2. The van der Waals surface area contributed by atoms with Gasteiger partial charge in [-0.1, -0.05) is 18.2 Å². The third-order valence-corrected chi connectivity index (χ3v) is 5.21. The van der Waals surface area contributed by atoms with E-state index in [4.69, 9.17) is 17.2 Å². The van der Waals surface area contributed by atoms with E-state index in [2.05, 4.69) is 25.9 Å². The number of carboxylic acids is 1. The van der Waals surface area contributed by atoms with E-state index in [0.717, 1.165) is 16.5 Å². The molecule has 35 heavy (non-hydrogen) atoms. The minimum atomic E-state index is -1.22. The SMILES string of the molecule is CC(NC(=O)C(N)Cc1c[nH]c2ccccc12)C(=O)NCC(=O)NC(CCCN=C(N)N)C(=O)O. The number of nitrogens with two attached hydrogens (primary N) is 3. The van der Waals surface area contributed by atoms with Gasteiger partial charge in [-0.2, -0.15) is 0 Å². The fourth-order valence-corrected chi connectivity index (χ4v) is 3.34. The molecule has 0 fully saturated rings. The van der Waals surface area contributed by atoms with Crippen LogP contribution < -0.4 is 33.2 Å². The summed E-state index contributed by atoms with van der Waals surface area (Å²) < 4.78 is 0. The average Bonchev–Trinajstić information content (AvgIpc) is 3.21. The van der Waals surface area contributed by atoms with Crippen molar-refractivity contribution in [2.24, 2.45) is 22.2 Å². The van der Waals surface area contributed by atoms with Gasteiger partial charge in [-0.3, -0.25) is 19.4 Å². The molecule has 13 heteroatoms. The van der Waals surface area contributed by atoms with Crippen molar-refractivity contribution in [1.29, 1.82) is 0 Å². The molecular weight excluding hydrogens is 456 g/mol. The summed E-state index contributed by atoms with van der Waals surface area (Å²) in [6, 6.07) is 4.62. The van der Waals surface area contributed by atoms with Gasteiger partial charge in [0, 0.05) is 23.6 Å². The lowest BCUT2D eigenvalue weighted by Crippen LogP contribution is -2.52. The van der Waals surface area contributed by atoms with Crippen LogP contribution in [0.4, 0.5) is 0 Å². The van der Waals surface area contributed by atoms with Crippen LogP contribution in [0.5, 0.6) is 0 Å². The molecule has 1 aromatic carbocycles. The lowest BCUT2D eigenvalue weighted by molar-refractivity contribution is -0.142. The van der Waals surface area contributed by atoms with Crippen molar-refractivity contribution < 1.29 is 24.3 Å². The second-order valence-corrected chi connectivity index (χ2v) is 8.03. The van der Waals surface area contributed by atoms with Gasteiger partial charge in [0.1, 0.15) is 12.1 Å². The number of hydrogen-bond donors (Lipinski definition) is 8. The number of aliphatic imine (C=N–C) groups is 1. The van der Waals surface area contributed by atoms with Gasteiger partial charge in [0.25, 0.3) is 0 Å². The third-order valence-electron chi connectivity index (χ3n) is 5.21. The summed E-state index contributed by atoms with van der Waals surface area (Å²) in [4.78, 5) is 55.0. The van der Waals surface area contributed by atoms with E-state index in [9.17, 15) is 24.3 Å². The van der Waals surface area contributed by atoms with Crippen LogP contribution in [0.3, 0.4) is 0 Å². The molecule has 13 nitrogen and oxygen atoms in total. The summed E-state index contributed by atoms with van der Waals surface area (Å²) in [7, 11) is 0. The Morgan fingerprint density at radius 2 is 1.83 bits per heavy atom. The van der Waals surface area contributed by atoms with Crippen LogP contribution in [0, 0.1) is 0 Å². The van der Waals surface area contributed by atoms with Crippen molar-refractivity contribution in [3.05, 3.63) is 36.0 Å². The van der Waals surface area contributed by atoms with E-state index in [-0.39, 0.29) is 25.3 Å². The van der Waals surface area contributed by atoms with Gasteiger partial charge < -0.3 is 43.2 Å². The Hall–Kier alpha value is -4.13. The molecule has 0 aliphatic heterocycles. The maximum Gasteiger partial charge on any atom is 0.326 e. The number of nitrogens with one attached hydrogen (secondary N) is 4. The standard InChI is InChI=1S/C22H32N8O5/c1-12(29-20(33)15(23)9-13-10-27-16-6-3-2-5-14(13)16)19(32)28-11-18(31)30-17(21(34)35)7-4-8-26-22(24)25/h2-3,5-6,10,12,15,17,27H,4,7-9,11,23H2,1H3,(H,28,32)(H,29,33)(H,30,31)(H,34,35)(H4,24,25,26). The van der Waals surface area contributed by atoms with Gasteiger partial charge >= 0.3 is 5.97 Å². The molecule has 2 aromatic rings. The van der Waals surface area contributed by atoms with E-state index in [1.165, 1.54) is 6.92 Å². The quantitative estimate of drug-likeness (QED) is 0.0915. The van der Waals surface area contributed by atoms with Crippen molar-refractivity contribution in [2.45, 2.75) is 44.3 Å². The molecule has 0 radical (unpaired) electrons. The van der Waals surface area contributed by atoms with E-state index in [1.54, 1.807) is 6.20 Å². The van der Waals surface area contributed by atoms with E-state index in [0.29, 0.717) is 6.42 Å². The molecule has 3 amide bonds. The van der Waals surface area contributed by atoms with Crippen LogP contribution in [0.1, 0.15) is 25.3 Å². The van der Waals surface area contributed by atoms with Crippen LogP contribution in [-0.4, -0.2) is 71.0 Å². The Kier molecular flexibility index (Phi) is 10.0. The van der Waals surface area contributed by atoms with Gasteiger partial charge in [-0.15, -0.1) is 0 Å². The summed E-state index contributed by atoms with van der Waals surface area (Å²) in [5.74, 6) is -3.16. The zero-order valence-corrected chi connectivity index (χ0v) is 19.4. The number of rotatable bonds is 13. The van der Waals surface area contributed by atoms with Gasteiger partial charge in [0.05, 0.1) is 12.6 Å². The molecule has 3 unspecified atom stereocenters. The van der Waals surface area contributed by atoms with Crippen molar-refractivity contribution >= 4 is 40.6 Å². The number of carboxylic acid groups (broad SMARTS) is 1. The Balaban J connectivity index is 1.77. The third kappa shape index (κ3) is 8.62. The Bertz CT molecular complexity index is 1080. The molecule has 1 heterocycles. The Morgan fingerprint density at radius 1 is 1.11 bits per heavy atom.